The van der Waals surface area contributed by atoms with E-state index in [1.165, 1.54) is 11.0 Å². The van der Waals surface area contributed by atoms with Crippen LogP contribution in [0.2, 0.25) is 0 Å². The van der Waals surface area contributed by atoms with E-state index in [-0.39, 0.29) is 17.4 Å². The summed E-state index contributed by atoms with van der Waals surface area (Å²) in [5, 5.41) is 4.06. The van der Waals surface area contributed by atoms with E-state index in [0.29, 0.717) is 29.9 Å². The number of imide groups is 1. The summed E-state index contributed by atoms with van der Waals surface area (Å²) in [6, 6.07) is 20.4. The SMILES string of the molecule is Cc1ccc(N2C(=O)c3ccc(C(=O)NCCn4ccc5ccccc54)cc3C2=O)c(C)c1. The van der Waals surface area contributed by atoms with Crippen LogP contribution >= 0.6 is 0 Å². The van der Waals surface area contributed by atoms with Gasteiger partial charge in [-0.05, 0) is 61.2 Å². The second-order valence-electron chi connectivity index (χ2n) is 8.32. The van der Waals surface area contributed by atoms with E-state index in [1.807, 2.05) is 56.4 Å². The highest BCUT2D eigenvalue weighted by Crippen LogP contribution is 2.31. The van der Waals surface area contributed by atoms with Gasteiger partial charge in [0.2, 0.25) is 0 Å². The van der Waals surface area contributed by atoms with Gasteiger partial charge in [0, 0.05) is 30.4 Å². The topological polar surface area (TPSA) is 71.4 Å². The lowest BCUT2D eigenvalue weighted by Crippen LogP contribution is -2.30. The average molecular weight is 437 g/mol. The van der Waals surface area contributed by atoms with Crippen molar-refractivity contribution in [3.05, 3.63) is 101 Å². The number of fused-ring (bicyclic) bond motifs is 2. The Morgan fingerprint density at radius 2 is 1.67 bits per heavy atom. The van der Waals surface area contributed by atoms with E-state index in [1.54, 1.807) is 18.2 Å². The van der Waals surface area contributed by atoms with Gasteiger partial charge in [-0.3, -0.25) is 14.4 Å². The lowest BCUT2D eigenvalue weighted by atomic mass is 10.1. The molecule has 0 bridgehead atoms. The normalized spacial score (nSPS) is 13.0. The molecule has 0 unspecified atom stereocenters. The van der Waals surface area contributed by atoms with Crippen LogP contribution in [0, 0.1) is 13.8 Å². The van der Waals surface area contributed by atoms with Gasteiger partial charge in [-0.1, -0.05) is 35.9 Å². The minimum atomic E-state index is -0.407. The smallest absolute Gasteiger partial charge is 0.266 e. The van der Waals surface area contributed by atoms with Crippen molar-refractivity contribution >= 4 is 34.3 Å². The van der Waals surface area contributed by atoms with Crippen molar-refractivity contribution in [1.82, 2.24) is 9.88 Å². The third kappa shape index (κ3) is 3.59. The molecule has 0 saturated carbocycles. The molecule has 3 amide bonds. The standard InChI is InChI=1S/C27H23N3O3/c1-17-7-10-23(18(2)15-17)30-26(32)21-9-8-20(16-22(21)27(30)33)25(31)28-12-14-29-13-11-19-5-3-4-6-24(19)29/h3-11,13,15-16H,12,14H2,1-2H3,(H,28,31). The summed E-state index contributed by atoms with van der Waals surface area (Å²) < 4.78 is 2.09. The molecule has 1 N–H and O–H groups in total. The summed E-state index contributed by atoms with van der Waals surface area (Å²) in [5.74, 6) is -1.05. The van der Waals surface area contributed by atoms with Gasteiger partial charge in [-0.2, -0.15) is 0 Å². The van der Waals surface area contributed by atoms with E-state index in [0.717, 1.165) is 22.0 Å². The minimum Gasteiger partial charge on any atom is -0.350 e. The predicted octanol–water partition coefficient (Wildman–Crippen LogP) is 4.49. The van der Waals surface area contributed by atoms with Gasteiger partial charge in [-0.15, -0.1) is 0 Å². The highest BCUT2D eigenvalue weighted by molar-refractivity contribution is 6.35. The monoisotopic (exact) mass is 437 g/mol. The average Bonchev–Trinajstić information content (AvgIpc) is 3.33. The van der Waals surface area contributed by atoms with Crippen molar-refractivity contribution < 1.29 is 14.4 Å². The zero-order valence-corrected chi connectivity index (χ0v) is 18.5. The van der Waals surface area contributed by atoms with Gasteiger partial charge in [0.1, 0.15) is 0 Å². The first-order valence-corrected chi connectivity index (χ1v) is 10.9. The number of nitrogens with one attached hydrogen (secondary N) is 1. The van der Waals surface area contributed by atoms with Crippen LogP contribution in [0.1, 0.15) is 42.2 Å². The fourth-order valence-electron chi connectivity index (χ4n) is 4.38. The molecular formula is C27H23N3O3. The highest BCUT2D eigenvalue weighted by atomic mass is 16.2. The summed E-state index contributed by atoms with van der Waals surface area (Å²) in [6.07, 6.45) is 2.00. The molecule has 3 aromatic carbocycles. The second-order valence-corrected chi connectivity index (χ2v) is 8.32. The molecule has 5 rings (SSSR count). The van der Waals surface area contributed by atoms with Crippen molar-refractivity contribution in [3.8, 4) is 0 Å². The molecule has 6 nitrogen and oxygen atoms in total. The van der Waals surface area contributed by atoms with Crippen molar-refractivity contribution in [1.29, 1.82) is 0 Å². The number of carbonyl (C=O) groups is 3. The zero-order chi connectivity index (χ0) is 23.1. The number of hydrogen-bond donors (Lipinski definition) is 1. The van der Waals surface area contributed by atoms with E-state index in [9.17, 15) is 14.4 Å². The summed E-state index contributed by atoms with van der Waals surface area (Å²) in [4.78, 5) is 40.0. The maximum atomic E-state index is 13.1. The number of benzene rings is 3. The molecule has 0 radical (unpaired) electrons. The molecule has 0 fully saturated rings. The fraction of sp³-hybridized carbons (Fsp3) is 0.148. The van der Waals surface area contributed by atoms with E-state index >= 15 is 0 Å². The number of amides is 3. The minimum absolute atomic E-state index is 0.254. The van der Waals surface area contributed by atoms with Crippen molar-refractivity contribution in [2.75, 3.05) is 11.4 Å². The lowest BCUT2D eigenvalue weighted by molar-refractivity contribution is 0.0923. The number of anilines is 1. The molecule has 6 heteroatoms. The Morgan fingerprint density at radius 3 is 2.48 bits per heavy atom. The van der Waals surface area contributed by atoms with Crippen LogP contribution in [-0.4, -0.2) is 28.8 Å². The van der Waals surface area contributed by atoms with E-state index in [4.69, 9.17) is 0 Å². The lowest BCUT2D eigenvalue weighted by Gasteiger charge is -2.16. The van der Waals surface area contributed by atoms with Gasteiger partial charge in [-0.25, -0.2) is 4.90 Å². The Hall–Kier alpha value is -4.19. The summed E-state index contributed by atoms with van der Waals surface area (Å²) in [6.45, 7) is 4.90. The van der Waals surface area contributed by atoms with Crippen LogP contribution in [-0.2, 0) is 6.54 Å². The third-order valence-corrected chi connectivity index (χ3v) is 6.06. The first-order chi connectivity index (χ1) is 15.9. The predicted molar refractivity (Wildman–Crippen MR) is 128 cm³/mol. The van der Waals surface area contributed by atoms with Crippen molar-refractivity contribution in [2.24, 2.45) is 0 Å². The molecule has 1 aromatic heterocycles. The van der Waals surface area contributed by atoms with Gasteiger partial charge < -0.3 is 9.88 Å². The molecular weight excluding hydrogens is 414 g/mol. The first-order valence-electron chi connectivity index (χ1n) is 10.9. The molecule has 1 aliphatic heterocycles. The van der Waals surface area contributed by atoms with Crippen LogP contribution in [0.15, 0.2) is 72.9 Å². The summed E-state index contributed by atoms with van der Waals surface area (Å²) in [7, 11) is 0. The Bertz CT molecular complexity index is 1430. The van der Waals surface area contributed by atoms with Crippen LogP contribution < -0.4 is 10.2 Å². The number of aryl methyl sites for hydroxylation is 2. The van der Waals surface area contributed by atoms with Gasteiger partial charge in [0.15, 0.2) is 0 Å². The quantitative estimate of drug-likeness (QED) is 0.468. The molecule has 0 aliphatic carbocycles. The van der Waals surface area contributed by atoms with Crippen molar-refractivity contribution in [2.45, 2.75) is 20.4 Å². The highest BCUT2D eigenvalue weighted by Gasteiger charge is 2.37. The summed E-state index contributed by atoms with van der Waals surface area (Å²) >= 11 is 0. The van der Waals surface area contributed by atoms with Crippen LogP contribution in [0.25, 0.3) is 10.9 Å². The maximum Gasteiger partial charge on any atom is 0.266 e. The third-order valence-electron chi connectivity index (χ3n) is 6.06. The van der Waals surface area contributed by atoms with E-state index in [2.05, 4.69) is 16.0 Å². The summed E-state index contributed by atoms with van der Waals surface area (Å²) in [5.41, 5.74) is 4.51. The molecule has 1 aliphatic rings. The Morgan fingerprint density at radius 1 is 0.879 bits per heavy atom. The Balaban J connectivity index is 1.32. The molecule has 33 heavy (non-hydrogen) atoms. The largest absolute Gasteiger partial charge is 0.350 e. The number of aromatic nitrogens is 1. The molecule has 0 saturated heterocycles. The second kappa shape index (κ2) is 8.06. The van der Waals surface area contributed by atoms with Gasteiger partial charge in [0.25, 0.3) is 17.7 Å². The molecule has 0 spiro atoms. The molecule has 4 aromatic rings. The number of carbonyl (C=O) groups excluding carboxylic acids is 3. The molecule has 0 atom stereocenters. The molecule has 2 heterocycles. The van der Waals surface area contributed by atoms with Crippen LogP contribution in [0.5, 0.6) is 0 Å². The fourth-order valence-corrected chi connectivity index (χ4v) is 4.38. The Labute approximate surface area is 191 Å². The van der Waals surface area contributed by atoms with Crippen molar-refractivity contribution in [3.63, 3.8) is 0 Å². The number of rotatable bonds is 5. The first kappa shape index (κ1) is 20.7. The van der Waals surface area contributed by atoms with E-state index < -0.39 is 5.91 Å². The van der Waals surface area contributed by atoms with Crippen LogP contribution in [0.3, 0.4) is 0 Å². The number of para-hydroxylation sites is 1. The maximum absolute atomic E-state index is 13.1. The Kier molecular flexibility index (Phi) is 5.05. The number of nitrogens with zero attached hydrogens (tertiary/aromatic N) is 2. The number of hydrogen-bond acceptors (Lipinski definition) is 3. The van der Waals surface area contributed by atoms with Crippen LogP contribution in [0.4, 0.5) is 5.69 Å². The van der Waals surface area contributed by atoms with Gasteiger partial charge >= 0.3 is 0 Å². The molecule has 164 valence electrons. The van der Waals surface area contributed by atoms with Gasteiger partial charge in [0.05, 0.1) is 16.8 Å². The zero-order valence-electron chi connectivity index (χ0n) is 18.5.